The van der Waals surface area contributed by atoms with Crippen LogP contribution < -0.4 is 5.32 Å². The molecule has 1 aromatic carbocycles. The van der Waals surface area contributed by atoms with Crippen molar-refractivity contribution in [3.05, 3.63) is 35.9 Å². The molecular weight excluding hydrogens is 326 g/mol. The number of amides is 1. The monoisotopic (exact) mass is 353 g/mol. The fraction of sp³-hybridized carbons (Fsp3) is 0.611. The standard InChI is InChI=1S/C18H27NO6/c1-10-13(20)14(21)15(22)16(24-10)12(11-8-6-5-7-9-11)19-17(23)25-18(2,3)4/h5-10,12-16,20-22H,1-4H3,(H,19,23)/t10-,12+,13+,14+,15-,16-/m0/s1. The first kappa shape index (κ1) is 19.7. The molecule has 0 aliphatic carbocycles. The number of hydrogen-bond donors (Lipinski definition) is 4. The fourth-order valence-electron chi connectivity index (χ4n) is 2.81. The van der Waals surface area contributed by atoms with E-state index in [1.54, 1.807) is 52.0 Å². The summed E-state index contributed by atoms with van der Waals surface area (Å²) in [7, 11) is 0. The molecule has 0 spiro atoms. The van der Waals surface area contributed by atoms with E-state index < -0.39 is 48.3 Å². The van der Waals surface area contributed by atoms with Crippen LogP contribution in [0.1, 0.15) is 39.3 Å². The smallest absolute Gasteiger partial charge is 0.408 e. The summed E-state index contributed by atoms with van der Waals surface area (Å²) in [5.41, 5.74) is 0.00795. The van der Waals surface area contributed by atoms with E-state index in [2.05, 4.69) is 5.32 Å². The summed E-state index contributed by atoms with van der Waals surface area (Å²) >= 11 is 0. The van der Waals surface area contributed by atoms with Crippen LogP contribution in [0.4, 0.5) is 4.79 Å². The molecule has 1 aliphatic rings. The first-order chi connectivity index (χ1) is 11.6. The molecule has 1 saturated heterocycles. The third-order valence-corrected chi connectivity index (χ3v) is 4.05. The van der Waals surface area contributed by atoms with Gasteiger partial charge in [-0.05, 0) is 33.3 Å². The van der Waals surface area contributed by atoms with Crippen LogP contribution in [0, 0.1) is 0 Å². The van der Waals surface area contributed by atoms with Gasteiger partial charge in [0.15, 0.2) is 0 Å². The Kier molecular flexibility index (Phi) is 6.05. The molecule has 0 bridgehead atoms. The number of ether oxygens (including phenoxy) is 2. The molecule has 2 rings (SSSR count). The van der Waals surface area contributed by atoms with Crippen LogP contribution in [-0.4, -0.2) is 57.5 Å². The lowest BCUT2D eigenvalue weighted by Gasteiger charge is -2.42. The quantitative estimate of drug-likeness (QED) is 0.649. The summed E-state index contributed by atoms with van der Waals surface area (Å²) < 4.78 is 11.0. The molecule has 25 heavy (non-hydrogen) atoms. The lowest BCUT2D eigenvalue weighted by atomic mass is 9.89. The van der Waals surface area contributed by atoms with Crippen molar-refractivity contribution in [1.82, 2.24) is 5.32 Å². The highest BCUT2D eigenvalue weighted by Crippen LogP contribution is 2.30. The molecule has 6 atom stereocenters. The van der Waals surface area contributed by atoms with Gasteiger partial charge in [-0.1, -0.05) is 30.3 Å². The summed E-state index contributed by atoms with van der Waals surface area (Å²) in [5, 5.41) is 33.0. The van der Waals surface area contributed by atoms with Crippen molar-refractivity contribution < 1.29 is 29.6 Å². The molecule has 140 valence electrons. The molecule has 0 aromatic heterocycles. The Labute approximate surface area is 147 Å². The minimum absolute atomic E-state index is 0.662. The SMILES string of the molecule is C[C@@H]1O[C@@H]([C@H](NC(=O)OC(C)(C)C)c2ccccc2)[C@@H](O)[C@H](O)[C@@H]1O. The largest absolute Gasteiger partial charge is 0.444 e. The maximum Gasteiger partial charge on any atom is 0.408 e. The van der Waals surface area contributed by atoms with Gasteiger partial charge in [-0.3, -0.25) is 0 Å². The van der Waals surface area contributed by atoms with Gasteiger partial charge in [0.25, 0.3) is 0 Å². The molecule has 0 radical (unpaired) electrons. The van der Waals surface area contributed by atoms with Crippen molar-refractivity contribution in [1.29, 1.82) is 0 Å². The second-order valence-corrected chi connectivity index (χ2v) is 7.31. The average Bonchev–Trinajstić information content (AvgIpc) is 2.53. The van der Waals surface area contributed by atoms with E-state index in [0.29, 0.717) is 5.56 Å². The lowest BCUT2D eigenvalue weighted by molar-refractivity contribution is -0.224. The molecule has 1 heterocycles. The second-order valence-electron chi connectivity index (χ2n) is 7.31. The van der Waals surface area contributed by atoms with E-state index in [-0.39, 0.29) is 0 Å². The van der Waals surface area contributed by atoms with Gasteiger partial charge in [0.2, 0.25) is 0 Å². The van der Waals surface area contributed by atoms with Gasteiger partial charge >= 0.3 is 6.09 Å². The molecule has 7 nitrogen and oxygen atoms in total. The molecule has 7 heteroatoms. The summed E-state index contributed by atoms with van der Waals surface area (Å²) in [6.45, 7) is 6.84. The summed E-state index contributed by atoms with van der Waals surface area (Å²) in [4.78, 5) is 12.2. The number of alkyl carbamates (subject to hydrolysis) is 1. The Balaban J connectivity index is 2.27. The maximum atomic E-state index is 12.2. The van der Waals surface area contributed by atoms with Gasteiger partial charge in [-0.15, -0.1) is 0 Å². The number of hydrogen-bond acceptors (Lipinski definition) is 6. The van der Waals surface area contributed by atoms with Crippen LogP contribution in [0.5, 0.6) is 0 Å². The van der Waals surface area contributed by atoms with Gasteiger partial charge in [0.05, 0.1) is 12.1 Å². The zero-order chi connectivity index (χ0) is 18.8. The van der Waals surface area contributed by atoms with Crippen LogP contribution in [0.15, 0.2) is 30.3 Å². The Morgan fingerprint density at radius 1 is 1.12 bits per heavy atom. The van der Waals surface area contributed by atoms with E-state index in [9.17, 15) is 20.1 Å². The van der Waals surface area contributed by atoms with E-state index in [4.69, 9.17) is 9.47 Å². The zero-order valence-electron chi connectivity index (χ0n) is 14.9. The number of nitrogens with one attached hydrogen (secondary N) is 1. The van der Waals surface area contributed by atoms with Crippen LogP contribution in [0.2, 0.25) is 0 Å². The van der Waals surface area contributed by atoms with Crippen molar-refractivity contribution in [3.8, 4) is 0 Å². The van der Waals surface area contributed by atoms with Crippen molar-refractivity contribution in [2.75, 3.05) is 0 Å². The molecule has 1 amide bonds. The minimum atomic E-state index is -1.37. The zero-order valence-corrected chi connectivity index (χ0v) is 14.9. The Morgan fingerprint density at radius 2 is 1.72 bits per heavy atom. The van der Waals surface area contributed by atoms with Crippen molar-refractivity contribution in [3.63, 3.8) is 0 Å². The second kappa shape index (κ2) is 7.70. The highest BCUT2D eigenvalue weighted by atomic mass is 16.6. The molecule has 4 N–H and O–H groups in total. The number of benzene rings is 1. The van der Waals surface area contributed by atoms with Gasteiger partial charge in [0, 0.05) is 0 Å². The van der Waals surface area contributed by atoms with Crippen molar-refractivity contribution >= 4 is 6.09 Å². The predicted octanol–water partition coefficient (Wildman–Crippen LogP) is 1.12. The number of carbonyl (C=O) groups excluding carboxylic acids is 1. The van der Waals surface area contributed by atoms with Crippen LogP contribution in [0.25, 0.3) is 0 Å². The number of carbonyl (C=O) groups is 1. The van der Waals surface area contributed by atoms with Gasteiger partial charge in [0.1, 0.15) is 30.0 Å². The Hall–Kier alpha value is -1.67. The normalized spacial score (nSPS) is 31.2. The average molecular weight is 353 g/mol. The number of rotatable bonds is 3. The van der Waals surface area contributed by atoms with E-state index in [1.165, 1.54) is 0 Å². The third kappa shape index (κ3) is 4.92. The summed E-state index contributed by atoms with van der Waals surface area (Å²) in [6.07, 6.45) is -6.25. The van der Waals surface area contributed by atoms with Crippen molar-refractivity contribution in [2.24, 2.45) is 0 Å². The minimum Gasteiger partial charge on any atom is -0.444 e. The van der Waals surface area contributed by atoms with Crippen LogP contribution in [-0.2, 0) is 9.47 Å². The highest BCUT2D eigenvalue weighted by molar-refractivity contribution is 5.68. The lowest BCUT2D eigenvalue weighted by Crippen LogP contribution is -2.60. The first-order valence-corrected chi connectivity index (χ1v) is 8.34. The van der Waals surface area contributed by atoms with E-state index >= 15 is 0 Å². The summed E-state index contributed by atoms with van der Waals surface area (Å²) in [6, 6.07) is 8.22. The van der Waals surface area contributed by atoms with Gasteiger partial charge in [-0.2, -0.15) is 0 Å². The Bertz CT molecular complexity index is 573. The maximum absolute atomic E-state index is 12.2. The Morgan fingerprint density at radius 3 is 2.28 bits per heavy atom. The fourth-order valence-corrected chi connectivity index (χ4v) is 2.81. The first-order valence-electron chi connectivity index (χ1n) is 8.34. The third-order valence-electron chi connectivity index (χ3n) is 4.05. The molecule has 1 aliphatic heterocycles. The number of aliphatic hydroxyl groups excluding tert-OH is 3. The van der Waals surface area contributed by atoms with Crippen molar-refractivity contribution in [2.45, 2.75) is 69.9 Å². The van der Waals surface area contributed by atoms with Gasteiger partial charge < -0.3 is 30.1 Å². The molecule has 0 unspecified atom stereocenters. The highest BCUT2D eigenvalue weighted by Gasteiger charge is 2.46. The predicted molar refractivity (Wildman–Crippen MR) is 90.9 cm³/mol. The molecule has 1 fully saturated rings. The molecule has 1 aromatic rings. The van der Waals surface area contributed by atoms with Crippen LogP contribution >= 0.6 is 0 Å². The van der Waals surface area contributed by atoms with E-state index in [1.807, 2.05) is 6.07 Å². The molecule has 0 saturated carbocycles. The van der Waals surface area contributed by atoms with Gasteiger partial charge in [-0.25, -0.2) is 4.79 Å². The topological polar surface area (TPSA) is 108 Å². The number of aliphatic hydroxyl groups is 3. The van der Waals surface area contributed by atoms with E-state index in [0.717, 1.165) is 0 Å². The molecular formula is C18H27NO6. The summed E-state index contributed by atoms with van der Waals surface area (Å²) in [5.74, 6) is 0. The van der Waals surface area contributed by atoms with Crippen LogP contribution in [0.3, 0.4) is 0 Å².